The van der Waals surface area contributed by atoms with Crippen molar-refractivity contribution >= 4 is 23.0 Å². The maximum absolute atomic E-state index is 4.30. The quantitative estimate of drug-likeness (QED) is 0.629. The zero-order valence-electron chi connectivity index (χ0n) is 14.4. The smallest absolute Gasteiger partial charge is 0.0414 e. The lowest BCUT2D eigenvalue weighted by Crippen LogP contribution is -2.15. The van der Waals surface area contributed by atoms with Crippen LogP contribution in [0.5, 0.6) is 0 Å². The average Bonchev–Trinajstić information content (AvgIpc) is 2.59. The van der Waals surface area contributed by atoms with E-state index < -0.39 is 0 Å². The van der Waals surface area contributed by atoms with Crippen LogP contribution in [0.2, 0.25) is 0 Å². The third kappa shape index (κ3) is 3.62. The Bertz CT molecular complexity index is 735. The van der Waals surface area contributed by atoms with Crippen molar-refractivity contribution in [1.29, 1.82) is 0 Å². The van der Waals surface area contributed by atoms with Gasteiger partial charge in [-0.2, -0.15) is 0 Å². The summed E-state index contributed by atoms with van der Waals surface area (Å²) in [5, 5.41) is 0. The first-order chi connectivity index (χ1) is 11.0. The summed E-state index contributed by atoms with van der Waals surface area (Å²) in [5.41, 5.74) is 7.85. The molecule has 1 heteroatoms. The van der Waals surface area contributed by atoms with Gasteiger partial charge in [0.2, 0.25) is 0 Å². The van der Waals surface area contributed by atoms with Crippen molar-refractivity contribution in [2.45, 2.75) is 20.3 Å². The van der Waals surface area contributed by atoms with Crippen LogP contribution in [0.25, 0.3) is 17.3 Å². The number of allylic oxidation sites excluding steroid dienone is 1. The third-order valence-electron chi connectivity index (χ3n) is 4.21. The van der Waals surface area contributed by atoms with Crippen LogP contribution in [0, 0.1) is 0 Å². The summed E-state index contributed by atoms with van der Waals surface area (Å²) < 4.78 is 0. The highest BCUT2D eigenvalue weighted by atomic mass is 15.1. The van der Waals surface area contributed by atoms with Gasteiger partial charge in [0.1, 0.15) is 0 Å². The molecule has 23 heavy (non-hydrogen) atoms. The van der Waals surface area contributed by atoms with Crippen molar-refractivity contribution in [2.24, 2.45) is 0 Å². The normalized spacial score (nSPS) is 10.2. The lowest BCUT2D eigenvalue weighted by Gasteiger charge is -2.24. The number of nitrogens with zero attached hydrogens (tertiary/aromatic N) is 1. The number of anilines is 1. The van der Waals surface area contributed by atoms with E-state index in [1.165, 1.54) is 5.56 Å². The number of hydrogen-bond acceptors (Lipinski definition) is 1. The van der Waals surface area contributed by atoms with Crippen LogP contribution in [0.15, 0.2) is 62.2 Å². The standard InChI is InChI=1S/C22H25N/c1-7-18-9-10-19(8-2)22(15-18)17(5)23(6)21-13-11-20(12-14-21)16(3)4/h8-15H,2-3,5,7H2,1,4,6H3. The van der Waals surface area contributed by atoms with Crippen molar-refractivity contribution in [2.75, 3.05) is 11.9 Å². The van der Waals surface area contributed by atoms with Crippen LogP contribution in [0.1, 0.15) is 36.1 Å². The summed E-state index contributed by atoms with van der Waals surface area (Å²) in [6.45, 7) is 16.4. The topological polar surface area (TPSA) is 3.24 Å². The Morgan fingerprint density at radius 1 is 1.09 bits per heavy atom. The fraction of sp³-hybridized carbons (Fsp3) is 0.182. The Kier molecular flexibility index (Phi) is 5.23. The molecule has 2 rings (SSSR count). The van der Waals surface area contributed by atoms with Gasteiger partial charge >= 0.3 is 0 Å². The van der Waals surface area contributed by atoms with Crippen molar-refractivity contribution < 1.29 is 0 Å². The molecule has 0 heterocycles. The van der Waals surface area contributed by atoms with Gasteiger partial charge < -0.3 is 4.90 Å². The van der Waals surface area contributed by atoms with Gasteiger partial charge in [-0.15, -0.1) is 0 Å². The molecule has 0 N–H and O–H groups in total. The van der Waals surface area contributed by atoms with E-state index in [0.29, 0.717) is 0 Å². The Hall–Kier alpha value is -2.54. The van der Waals surface area contributed by atoms with E-state index in [1.54, 1.807) is 0 Å². The van der Waals surface area contributed by atoms with Crippen molar-refractivity contribution in [3.63, 3.8) is 0 Å². The van der Waals surface area contributed by atoms with Gasteiger partial charge in [-0.3, -0.25) is 0 Å². The highest BCUT2D eigenvalue weighted by molar-refractivity contribution is 5.82. The molecule has 1 nitrogen and oxygen atoms in total. The summed E-state index contributed by atoms with van der Waals surface area (Å²) >= 11 is 0. The van der Waals surface area contributed by atoms with Crippen molar-refractivity contribution in [1.82, 2.24) is 0 Å². The molecule has 0 radical (unpaired) electrons. The van der Waals surface area contributed by atoms with Crippen LogP contribution < -0.4 is 4.90 Å². The van der Waals surface area contributed by atoms with E-state index >= 15 is 0 Å². The van der Waals surface area contributed by atoms with Crippen LogP contribution in [-0.2, 0) is 6.42 Å². The SMILES string of the molecule is C=Cc1ccc(CC)cc1C(=C)N(C)c1ccc(C(=C)C)cc1. The number of hydrogen-bond donors (Lipinski definition) is 0. The summed E-state index contributed by atoms with van der Waals surface area (Å²) in [6, 6.07) is 14.9. The fourth-order valence-corrected chi connectivity index (χ4v) is 2.56. The van der Waals surface area contributed by atoms with Gasteiger partial charge in [0.15, 0.2) is 0 Å². The molecule has 0 unspecified atom stereocenters. The van der Waals surface area contributed by atoms with E-state index in [1.807, 2.05) is 20.0 Å². The highest BCUT2D eigenvalue weighted by Gasteiger charge is 2.11. The molecule has 0 aliphatic rings. The Balaban J connectivity index is 2.35. The number of rotatable bonds is 6. The van der Waals surface area contributed by atoms with Crippen LogP contribution in [-0.4, -0.2) is 7.05 Å². The monoisotopic (exact) mass is 303 g/mol. The molecule has 0 aliphatic heterocycles. The van der Waals surface area contributed by atoms with Crippen molar-refractivity contribution in [3.8, 4) is 0 Å². The Morgan fingerprint density at radius 2 is 1.74 bits per heavy atom. The molecule has 118 valence electrons. The minimum Gasteiger partial charge on any atom is -0.345 e. The lowest BCUT2D eigenvalue weighted by molar-refractivity contribution is 1.13. The zero-order valence-corrected chi connectivity index (χ0v) is 14.4. The molecule has 2 aromatic carbocycles. The molecule has 0 bridgehead atoms. The Morgan fingerprint density at radius 3 is 2.26 bits per heavy atom. The molecule has 2 aromatic rings. The maximum Gasteiger partial charge on any atom is 0.0414 e. The third-order valence-corrected chi connectivity index (χ3v) is 4.21. The predicted octanol–water partition coefficient (Wildman–Crippen LogP) is 6.03. The van der Waals surface area contributed by atoms with Gasteiger partial charge in [0.05, 0.1) is 0 Å². The molecule has 0 saturated carbocycles. The molecule has 0 spiro atoms. The molecular weight excluding hydrogens is 278 g/mol. The number of benzene rings is 2. The van der Waals surface area contributed by atoms with Crippen molar-refractivity contribution in [3.05, 3.63) is 84.5 Å². The van der Waals surface area contributed by atoms with E-state index in [0.717, 1.165) is 40.1 Å². The first kappa shape index (κ1) is 16.8. The van der Waals surface area contributed by atoms with Crippen LogP contribution >= 0.6 is 0 Å². The minimum atomic E-state index is 0.971. The second-order valence-corrected chi connectivity index (χ2v) is 5.81. The van der Waals surface area contributed by atoms with Gasteiger partial charge in [-0.05, 0) is 48.2 Å². The minimum absolute atomic E-state index is 0.971. The van der Waals surface area contributed by atoms with E-state index in [9.17, 15) is 0 Å². The van der Waals surface area contributed by atoms with Gasteiger partial charge in [0.25, 0.3) is 0 Å². The molecule has 0 fully saturated rings. The van der Waals surface area contributed by atoms with E-state index in [2.05, 4.69) is 74.0 Å². The molecule has 0 aliphatic carbocycles. The maximum atomic E-state index is 4.30. The van der Waals surface area contributed by atoms with Gasteiger partial charge in [0, 0.05) is 24.0 Å². The van der Waals surface area contributed by atoms with E-state index in [-0.39, 0.29) is 0 Å². The second-order valence-electron chi connectivity index (χ2n) is 5.81. The zero-order chi connectivity index (χ0) is 17.0. The first-order valence-electron chi connectivity index (χ1n) is 7.92. The Labute approximate surface area is 140 Å². The molecular formula is C22H25N. The predicted molar refractivity (Wildman–Crippen MR) is 104 cm³/mol. The average molecular weight is 303 g/mol. The summed E-state index contributed by atoms with van der Waals surface area (Å²) in [7, 11) is 2.05. The van der Waals surface area contributed by atoms with Gasteiger partial charge in [-0.1, -0.05) is 62.6 Å². The van der Waals surface area contributed by atoms with Crippen LogP contribution in [0.3, 0.4) is 0 Å². The highest BCUT2D eigenvalue weighted by Crippen LogP contribution is 2.28. The number of aryl methyl sites for hydroxylation is 1. The van der Waals surface area contributed by atoms with E-state index in [4.69, 9.17) is 0 Å². The molecule has 0 aromatic heterocycles. The lowest BCUT2D eigenvalue weighted by atomic mass is 9.99. The van der Waals surface area contributed by atoms with Gasteiger partial charge in [-0.25, -0.2) is 0 Å². The fourth-order valence-electron chi connectivity index (χ4n) is 2.56. The van der Waals surface area contributed by atoms with Crippen LogP contribution in [0.4, 0.5) is 5.69 Å². The molecule has 0 amide bonds. The molecule has 0 atom stereocenters. The summed E-state index contributed by atoms with van der Waals surface area (Å²) in [4.78, 5) is 2.12. The molecule has 0 saturated heterocycles. The second kappa shape index (κ2) is 7.15. The largest absolute Gasteiger partial charge is 0.345 e. The first-order valence-corrected chi connectivity index (χ1v) is 7.92. The summed E-state index contributed by atoms with van der Waals surface area (Å²) in [5.74, 6) is 0. The summed E-state index contributed by atoms with van der Waals surface area (Å²) in [6.07, 6.45) is 2.90.